The van der Waals surface area contributed by atoms with Gasteiger partial charge < -0.3 is 9.72 Å². The summed E-state index contributed by atoms with van der Waals surface area (Å²) in [5, 5.41) is 0.484. The minimum atomic E-state index is -0.275. The molecule has 0 saturated carbocycles. The van der Waals surface area contributed by atoms with E-state index in [-0.39, 0.29) is 5.56 Å². The van der Waals surface area contributed by atoms with Crippen LogP contribution in [0.2, 0.25) is 5.02 Å². The molecule has 5 heteroatoms. The molecule has 4 nitrogen and oxygen atoms in total. The number of H-pyrrole nitrogens is 1. The van der Waals surface area contributed by atoms with Crippen LogP contribution in [-0.4, -0.2) is 18.4 Å². The van der Waals surface area contributed by atoms with Crippen molar-refractivity contribution in [3.8, 4) is 16.9 Å². The first-order valence-corrected chi connectivity index (χ1v) is 5.55. The number of ether oxygens (including phenoxy) is 1. The smallest absolute Gasteiger partial charge is 0.248 e. The maximum absolute atomic E-state index is 11.4. The first kappa shape index (κ1) is 12.4. The highest BCUT2D eigenvalue weighted by Crippen LogP contribution is 2.31. The van der Waals surface area contributed by atoms with E-state index in [0.29, 0.717) is 33.7 Å². The van der Waals surface area contributed by atoms with Gasteiger partial charge in [0.2, 0.25) is 5.56 Å². The fourth-order valence-electron chi connectivity index (χ4n) is 1.70. The Morgan fingerprint density at radius 3 is 2.72 bits per heavy atom. The van der Waals surface area contributed by atoms with Crippen LogP contribution in [0.1, 0.15) is 10.4 Å². The molecule has 0 spiro atoms. The van der Waals surface area contributed by atoms with Gasteiger partial charge in [-0.2, -0.15) is 0 Å². The average molecular weight is 264 g/mol. The molecule has 1 aromatic carbocycles. The van der Waals surface area contributed by atoms with Gasteiger partial charge in [0.05, 0.1) is 7.11 Å². The lowest BCUT2D eigenvalue weighted by Crippen LogP contribution is -2.05. The zero-order valence-corrected chi connectivity index (χ0v) is 10.3. The summed E-state index contributed by atoms with van der Waals surface area (Å²) < 4.78 is 5.16. The van der Waals surface area contributed by atoms with Gasteiger partial charge in [-0.15, -0.1) is 0 Å². The van der Waals surface area contributed by atoms with Crippen LogP contribution in [0.15, 0.2) is 35.3 Å². The van der Waals surface area contributed by atoms with E-state index in [4.69, 9.17) is 16.3 Å². The quantitative estimate of drug-likeness (QED) is 0.866. The van der Waals surface area contributed by atoms with E-state index in [9.17, 15) is 9.59 Å². The van der Waals surface area contributed by atoms with Crippen molar-refractivity contribution in [1.82, 2.24) is 4.98 Å². The van der Waals surface area contributed by atoms with Crippen LogP contribution in [0.4, 0.5) is 0 Å². The van der Waals surface area contributed by atoms with Crippen molar-refractivity contribution in [2.75, 3.05) is 7.11 Å². The summed E-state index contributed by atoms with van der Waals surface area (Å²) >= 11 is 5.92. The summed E-state index contributed by atoms with van der Waals surface area (Å²) in [6, 6.07) is 6.22. The molecular formula is C13H10ClNO3. The number of aromatic nitrogens is 1. The molecule has 2 rings (SSSR count). The number of carbonyl (C=O) groups excluding carboxylic acids is 1. The highest BCUT2D eigenvalue weighted by Gasteiger charge is 2.11. The zero-order chi connectivity index (χ0) is 13.1. The van der Waals surface area contributed by atoms with Gasteiger partial charge in [-0.1, -0.05) is 11.6 Å². The predicted octanol–water partition coefficient (Wildman–Crippen LogP) is 2.52. The van der Waals surface area contributed by atoms with Crippen LogP contribution in [0.3, 0.4) is 0 Å². The molecule has 0 aliphatic carbocycles. The highest BCUT2D eigenvalue weighted by molar-refractivity contribution is 6.31. The molecule has 18 heavy (non-hydrogen) atoms. The molecule has 92 valence electrons. The van der Waals surface area contributed by atoms with E-state index in [1.165, 1.54) is 19.4 Å². The van der Waals surface area contributed by atoms with E-state index < -0.39 is 0 Å². The van der Waals surface area contributed by atoms with Gasteiger partial charge in [-0.25, -0.2) is 0 Å². The monoisotopic (exact) mass is 263 g/mol. The Kier molecular flexibility index (Phi) is 3.48. The summed E-state index contributed by atoms with van der Waals surface area (Å²) in [7, 11) is 1.49. The largest absolute Gasteiger partial charge is 0.495 e. The second-order valence-electron chi connectivity index (χ2n) is 3.63. The number of rotatable bonds is 3. The number of hydrogen-bond acceptors (Lipinski definition) is 3. The second-order valence-corrected chi connectivity index (χ2v) is 4.07. The van der Waals surface area contributed by atoms with E-state index in [2.05, 4.69) is 4.98 Å². The number of aromatic amines is 1. The van der Waals surface area contributed by atoms with Gasteiger partial charge in [0, 0.05) is 28.4 Å². The number of aldehydes is 1. The third-order valence-corrected chi connectivity index (χ3v) is 2.77. The first-order chi connectivity index (χ1) is 8.65. The highest BCUT2D eigenvalue weighted by atomic mass is 35.5. The Bertz CT molecular complexity index is 649. The molecule has 0 aliphatic rings. The van der Waals surface area contributed by atoms with Gasteiger partial charge in [-0.3, -0.25) is 9.59 Å². The van der Waals surface area contributed by atoms with Crippen LogP contribution in [0, 0.1) is 0 Å². The molecule has 0 saturated heterocycles. The maximum Gasteiger partial charge on any atom is 0.248 e. The molecule has 1 heterocycles. The van der Waals surface area contributed by atoms with Crippen LogP contribution >= 0.6 is 11.6 Å². The Morgan fingerprint density at radius 2 is 2.06 bits per heavy atom. The minimum absolute atomic E-state index is 0.275. The molecule has 1 aromatic heterocycles. The average Bonchev–Trinajstić information content (AvgIpc) is 2.38. The number of nitrogens with one attached hydrogen (secondary N) is 1. The fourth-order valence-corrected chi connectivity index (χ4v) is 1.87. The summed E-state index contributed by atoms with van der Waals surface area (Å²) in [6.07, 6.45) is 2.17. The molecular weight excluding hydrogens is 254 g/mol. The molecule has 0 aliphatic heterocycles. The number of hydrogen-bond donors (Lipinski definition) is 1. The van der Waals surface area contributed by atoms with Gasteiger partial charge in [-0.05, 0) is 23.8 Å². The maximum atomic E-state index is 11.4. The van der Waals surface area contributed by atoms with Crippen LogP contribution in [-0.2, 0) is 0 Å². The fraction of sp³-hybridized carbons (Fsp3) is 0.0769. The Balaban J connectivity index is 2.74. The topological polar surface area (TPSA) is 59.2 Å². The third-order valence-electron chi connectivity index (χ3n) is 2.54. The number of halogens is 1. The molecule has 0 atom stereocenters. The van der Waals surface area contributed by atoms with Gasteiger partial charge in [0.15, 0.2) is 6.29 Å². The zero-order valence-electron chi connectivity index (χ0n) is 9.57. The summed E-state index contributed by atoms with van der Waals surface area (Å²) in [5.41, 5.74) is 1.28. The normalized spacial score (nSPS) is 10.1. The summed E-state index contributed by atoms with van der Waals surface area (Å²) in [5.74, 6) is 0.472. The molecule has 0 fully saturated rings. The predicted molar refractivity (Wildman–Crippen MR) is 69.4 cm³/mol. The minimum Gasteiger partial charge on any atom is -0.495 e. The van der Waals surface area contributed by atoms with E-state index in [0.717, 1.165) is 0 Å². The van der Waals surface area contributed by atoms with Crippen LogP contribution in [0.5, 0.6) is 5.75 Å². The van der Waals surface area contributed by atoms with Crippen molar-refractivity contribution in [2.24, 2.45) is 0 Å². The third kappa shape index (κ3) is 2.28. The van der Waals surface area contributed by atoms with E-state index >= 15 is 0 Å². The molecule has 0 bridgehead atoms. The van der Waals surface area contributed by atoms with Crippen molar-refractivity contribution < 1.29 is 9.53 Å². The lowest BCUT2D eigenvalue weighted by molar-refractivity contribution is 0.112. The van der Waals surface area contributed by atoms with Gasteiger partial charge >= 0.3 is 0 Å². The Morgan fingerprint density at radius 1 is 1.28 bits per heavy atom. The standard InChI is InChI=1S/C13H10ClNO3/c1-18-12-6-15-13(17)5-11(12)10-4-9(14)3-2-8(10)7-16/h2-7H,1H3,(H,15,17). The summed E-state index contributed by atoms with van der Waals surface area (Å²) in [6.45, 7) is 0. The van der Waals surface area contributed by atoms with Gasteiger partial charge in [0.1, 0.15) is 5.75 Å². The first-order valence-electron chi connectivity index (χ1n) is 5.17. The number of pyridine rings is 1. The SMILES string of the molecule is COc1c[nH]c(=O)cc1-c1cc(Cl)ccc1C=O. The summed E-state index contributed by atoms with van der Waals surface area (Å²) in [4.78, 5) is 24.9. The molecule has 0 unspecified atom stereocenters. The van der Waals surface area contributed by atoms with Crippen molar-refractivity contribution in [2.45, 2.75) is 0 Å². The molecule has 2 aromatic rings. The second kappa shape index (κ2) is 5.06. The van der Waals surface area contributed by atoms with Crippen LogP contribution in [0.25, 0.3) is 11.1 Å². The van der Waals surface area contributed by atoms with Crippen molar-refractivity contribution in [1.29, 1.82) is 0 Å². The number of benzene rings is 1. The van der Waals surface area contributed by atoms with Crippen molar-refractivity contribution in [3.63, 3.8) is 0 Å². The van der Waals surface area contributed by atoms with Crippen molar-refractivity contribution in [3.05, 3.63) is 51.4 Å². The molecule has 1 N–H and O–H groups in total. The van der Waals surface area contributed by atoms with Crippen LogP contribution < -0.4 is 10.3 Å². The Hall–Kier alpha value is -2.07. The number of carbonyl (C=O) groups is 1. The van der Waals surface area contributed by atoms with E-state index in [1.807, 2.05) is 0 Å². The lowest BCUT2D eigenvalue weighted by atomic mass is 10.0. The molecule has 0 radical (unpaired) electrons. The number of methoxy groups -OCH3 is 1. The van der Waals surface area contributed by atoms with Gasteiger partial charge in [0.25, 0.3) is 0 Å². The lowest BCUT2D eigenvalue weighted by Gasteiger charge is -2.10. The van der Waals surface area contributed by atoms with Crippen molar-refractivity contribution >= 4 is 17.9 Å². The molecule has 0 amide bonds. The Labute approximate surface area is 108 Å². The van der Waals surface area contributed by atoms with E-state index in [1.54, 1.807) is 18.2 Å².